The second-order valence-electron chi connectivity index (χ2n) is 9.60. The van der Waals surface area contributed by atoms with Crippen LogP contribution in [0, 0.1) is 24.8 Å². The van der Waals surface area contributed by atoms with Gasteiger partial charge in [-0.2, -0.15) is 0 Å². The van der Waals surface area contributed by atoms with Crippen LogP contribution in [0.4, 0.5) is 5.69 Å². The second kappa shape index (κ2) is 21.1. The van der Waals surface area contributed by atoms with Crippen molar-refractivity contribution < 1.29 is 24.2 Å². The molecule has 1 aromatic carbocycles. The molecule has 2 heterocycles. The highest BCUT2D eigenvalue weighted by atomic mass is 16.5. The van der Waals surface area contributed by atoms with Crippen LogP contribution < -0.4 is 16.8 Å². The molecule has 1 aromatic heterocycles. The lowest BCUT2D eigenvalue weighted by Gasteiger charge is -2.25. The molecule has 3 rings (SSSR count). The number of likely N-dealkylation sites (tertiary alicyclic amines) is 1. The molecule has 1 aliphatic heterocycles. The molecule has 1 aliphatic rings. The number of aromatic nitrogens is 1. The van der Waals surface area contributed by atoms with Crippen molar-refractivity contribution in [3.8, 4) is 24.8 Å². The van der Waals surface area contributed by atoms with Crippen molar-refractivity contribution in [3.05, 3.63) is 41.9 Å². The number of rotatable bonds is 12. The number of aromatic amines is 1. The van der Waals surface area contributed by atoms with E-state index in [9.17, 15) is 14.4 Å². The quantitative estimate of drug-likeness (QED) is 0.0822. The number of nitrogens with two attached hydrogens (primary N) is 2. The minimum absolute atomic E-state index is 0.0370. The van der Waals surface area contributed by atoms with Crippen LogP contribution in [0.5, 0.6) is 0 Å². The highest BCUT2D eigenvalue weighted by Crippen LogP contribution is 2.22. The van der Waals surface area contributed by atoms with Gasteiger partial charge in [-0.3, -0.25) is 9.59 Å². The number of terminal acetylenes is 1. The van der Waals surface area contributed by atoms with Gasteiger partial charge >= 0.3 is 5.97 Å². The van der Waals surface area contributed by atoms with Crippen molar-refractivity contribution in [2.75, 3.05) is 44.7 Å². The smallest absolute Gasteiger partial charge is 0.350 e. The van der Waals surface area contributed by atoms with Crippen molar-refractivity contribution in [1.29, 1.82) is 0 Å². The summed E-state index contributed by atoms with van der Waals surface area (Å²) in [6.45, 7) is 6.80. The monoisotopic (exact) mass is 594 g/mol. The molecule has 0 bridgehead atoms. The van der Waals surface area contributed by atoms with E-state index in [2.05, 4.69) is 42.0 Å². The number of hydrogen-bond donors (Lipinski definition) is 5. The first-order chi connectivity index (χ1) is 20.9. The molecule has 2 amide bonds. The Labute approximate surface area is 255 Å². The fraction of sp³-hybridized carbons (Fsp3) is 0.469. The molecule has 0 radical (unpaired) electrons. The van der Waals surface area contributed by atoms with Gasteiger partial charge in [0.15, 0.2) is 5.57 Å². The molecule has 2 aromatic rings. The molecule has 234 valence electrons. The Balaban J connectivity index is 0.000000429. The molecule has 7 N–H and O–H groups in total. The van der Waals surface area contributed by atoms with Crippen LogP contribution in [0.25, 0.3) is 10.9 Å². The van der Waals surface area contributed by atoms with Gasteiger partial charge in [-0.05, 0) is 57.1 Å². The highest BCUT2D eigenvalue weighted by molar-refractivity contribution is 5.96. The number of aliphatic hydroxyl groups is 1. The number of aliphatic hydroxyl groups excluding tert-OH is 1. The number of amides is 2. The third-order valence-electron chi connectivity index (χ3n) is 6.54. The number of para-hydroxylation sites is 1. The number of likely N-dealkylation sites (N-methyl/N-ethyl adjacent to an activating group) is 1. The number of nitrogens with one attached hydrogen (secondary N) is 2. The lowest BCUT2D eigenvalue weighted by Crippen LogP contribution is -2.43. The number of esters is 1. The van der Waals surface area contributed by atoms with Crippen molar-refractivity contribution in [3.63, 3.8) is 0 Å². The molecule has 1 saturated heterocycles. The zero-order valence-corrected chi connectivity index (χ0v) is 25.4. The standard InChI is InChI=1S/C17H20N4O3.C13H24N2O2.C2H2/c18-8-6-13(17(23)24-11-2-1-10-22)16(19)21-14-5-3-4-12-7-9-20-15(12)14;1-3-9-14(4-2)13(17)11-15-10-7-5-6-8-12(15)16;1-2/h3-5,7,9,20-22H,1-2,10-11,18-19H2;3-11H2,1-2H3;1-2H/b16-13+;;. The van der Waals surface area contributed by atoms with E-state index >= 15 is 0 Å². The van der Waals surface area contributed by atoms with Gasteiger partial charge in [0.2, 0.25) is 11.8 Å². The number of carbonyl (C=O) groups excluding carboxylic acids is 3. The first kappa shape index (κ1) is 36.4. The summed E-state index contributed by atoms with van der Waals surface area (Å²) >= 11 is 0. The minimum atomic E-state index is -0.658. The van der Waals surface area contributed by atoms with Gasteiger partial charge in [-0.1, -0.05) is 25.5 Å². The van der Waals surface area contributed by atoms with Gasteiger partial charge in [0.25, 0.3) is 0 Å². The van der Waals surface area contributed by atoms with E-state index in [1.807, 2.05) is 42.3 Å². The largest absolute Gasteiger partial charge is 0.462 e. The first-order valence-electron chi connectivity index (χ1n) is 14.6. The molecule has 43 heavy (non-hydrogen) atoms. The number of hydrogen-bond acceptors (Lipinski definition) is 8. The Hall–Kier alpha value is -4.61. The van der Waals surface area contributed by atoms with Crippen LogP contribution in [0.15, 0.2) is 41.9 Å². The number of carbonyl (C=O) groups is 3. The first-order valence-corrected chi connectivity index (χ1v) is 14.6. The molecule has 0 saturated carbocycles. The van der Waals surface area contributed by atoms with Gasteiger partial charge in [0, 0.05) is 50.3 Å². The highest BCUT2D eigenvalue weighted by Gasteiger charge is 2.21. The van der Waals surface area contributed by atoms with Gasteiger partial charge < -0.3 is 41.4 Å². The number of fused-ring (bicyclic) bond motifs is 1. The number of H-pyrrole nitrogens is 1. The zero-order valence-electron chi connectivity index (χ0n) is 25.4. The molecule has 0 aliphatic carbocycles. The number of ether oxygens (including phenoxy) is 1. The summed E-state index contributed by atoms with van der Waals surface area (Å²) in [5, 5.41) is 12.7. The van der Waals surface area contributed by atoms with E-state index in [4.69, 9.17) is 21.3 Å². The number of benzene rings is 1. The van der Waals surface area contributed by atoms with E-state index < -0.39 is 5.97 Å². The third-order valence-corrected chi connectivity index (χ3v) is 6.54. The second-order valence-corrected chi connectivity index (χ2v) is 9.60. The van der Waals surface area contributed by atoms with Crippen molar-refractivity contribution in [1.82, 2.24) is 14.8 Å². The Morgan fingerprint density at radius 3 is 2.63 bits per heavy atom. The molecule has 0 unspecified atom stereocenters. The topological polar surface area (TPSA) is 167 Å². The van der Waals surface area contributed by atoms with Gasteiger partial charge in [0.1, 0.15) is 5.82 Å². The summed E-state index contributed by atoms with van der Waals surface area (Å²) in [5.41, 5.74) is 12.7. The summed E-state index contributed by atoms with van der Waals surface area (Å²) in [6.07, 6.45) is 15.6. The fourth-order valence-electron chi connectivity index (χ4n) is 4.35. The fourth-order valence-corrected chi connectivity index (χ4v) is 4.35. The molecular formula is C32H46N6O5. The van der Waals surface area contributed by atoms with E-state index in [1.54, 1.807) is 4.90 Å². The van der Waals surface area contributed by atoms with Crippen LogP contribution in [-0.2, 0) is 19.1 Å². The SMILES string of the molecule is C#C.CCCN(CC)C(=O)CN1CCCCCC1=O.NC#C/C(C(=O)OCCCCO)=C(/N)Nc1cccc2cc[nH]c12. The van der Waals surface area contributed by atoms with Crippen molar-refractivity contribution in [2.45, 2.75) is 58.8 Å². The number of nitrogens with zero attached hydrogens (tertiary/aromatic N) is 2. The molecule has 1 fully saturated rings. The van der Waals surface area contributed by atoms with Gasteiger partial charge in [-0.15, -0.1) is 12.8 Å². The molecule has 0 spiro atoms. The predicted molar refractivity (Wildman–Crippen MR) is 170 cm³/mol. The third kappa shape index (κ3) is 12.4. The van der Waals surface area contributed by atoms with E-state index in [0.717, 1.165) is 56.2 Å². The molecule has 11 nitrogen and oxygen atoms in total. The lowest BCUT2D eigenvalue weighted by molar-refractivity contribution is -0.140. The van der Waals surface area contributed by atoms with Crippen molar-refractivity contribution in [2.24, 2.45) is 11.5 Å². The average molecular weight is 595 g/mol. The Morgan fingerprint density at radius 1 is 1.19 bits per heavy atom. The maximum Gasteiger partial charge on any atom is 0.350 e. The molecule has 0 atom stereocenters. The summed E-state index contributed by atoms with van der Waals surface area (Å²) < 4.78 is 5.10. The lowest BCUT2D eigenvalue weighted by atomic mass is 10.2. The van der Waals surface area contributed by atoms with Crippen molar-refractivity contribution >= 4 is 34.4 Å². The van der Waals surface area contributed by atoms with Crippen LogP contribution in [0.1, 0.15) is 58.8 Å². The Bertz CT molecular complexity index is 1270. The van der Waals surface area contributed by atoms with Crippen LogP contribution in [-0.4, -0.2) is 77.1 Å². The minimum Gasteiger partial charge on any atom is -0.462 e. The summed E-state index contributed by atoms with van der Waals surface area (Å²) in [4.78, 5) is 42.6. The van der Waals surface area contributed by atoms with E-state index in [0.29, 0.717) is 24.9 Å². The van der Waals surface area contributed by atoms with Crippen LogP contribution in [0.3, 0.4) is 0 Å². The van der Waals surface area contributed by atoms with Crippen LogP contribution in [0.2, 0.25) is 0 Å². The normalized spacial score (nSPS) is 13.0. The maximum atomic E-state index is 12.1. The summed E-state index contributed by atoms with van der Waals surface area (Å²) in [5.74, 6) is 2.10. The maximum absolute atomic E-state index is 12.1. The van der Waals surface area contributed by atoms with E-state index in [1.165, 1.54) is 0 Å². The molecule has 11 heteroatoms. The predicted octanol–water partition coefficient (Wildman–Crippen LogP) is 2.88. The summed E-state index contributed by atoms with van der Waals surface area (Å²) in [7, 11) is 0. The van der Waals surface area contributed by atoms with Crippen LogP contribution >= 0.6 is 0 Å². The molecular weight excluding hydrogens is 548 g/mol. The zero-order chi connectivity index (χ0) is 32.0. The number of unbranched alkanes of at least 4 members (excludes halogenated alkanes) is 1. The number of anilines is 1. The Kier molecular flexibility index (Phi) is 17.9. The van der Waals surface area contributed by atoms with E-state index in [-0.39, 0.29) is 43.0 Å². The van der Waals surface area contributed by atoms with Gasteiger partial charge in [0.05, 0.1) is 24.4 Å². The average Bonchev–Trinajstić information content (AvgIpc) is 3.42. The summed E-state index contributed by atoms with van der Waals surface area (Å²) in [6, 6.07) is 9.74. The van der Waals surface area contributed by atoms with Gasteiger partial charge in [-0.25, -0.2) is 4.79 Å². The Morgan fingerprint density at radius 2 is 1.95 bits per heavy atom.